The summed E-state index contributed by atoms with van der Waals surface area (Å²) in [7, 11) is 1.62. The molecule has 0 spiro atoms. The molecular formula is C15H20N4O2. The lowest BCUT2D eigenvalue weighted by molar-refractivity contribution is 0.399. The molecule has 0 amide bonds. The number of benzene rings is 1. The van der Waals surface area contributed by atoms with Gasteiger partial charge in [0.1, 0.15) is 11.6 Å². The summed E-state index contributed by atoms with van der Waals surface area (Å²) < 4.78 is 8.57. The lowest BCUT2D eigenvalue weighted by atomic mass is 10.1. The highest BCUT2D eigenvalue weighted by molar-refractivity contribution is 5.35. The molecular weight excluding hydrogens is 268 g/mol. The zero-order chi connectivity index (χ0) is 14.8. The van der Waals surface area contributed by atoms with Crippen molar-refractivity contribution in [1.29, 1.82) is 0 Å². The van der Waals surface area contributed by atoms with Crippen LogP contribution in [0.1, 0.15) is 30.3 Å². The van der Waals surface area contributed by atoms with E-state index < -0.39 is 0 Å². The minimum absolute atomic E-state index is 0.0601. The van der Waals surface area contributed by atoms with Crippen molar-refractivity contribution in [3.8, 4) is 5.75 Å². The molecule has 1 aliphatic heterocycles. The van der Waals surface area contributed by atoms with Gasteiger partial charge in [0.25, 0.3) is 0 Å². The first-order valence-electron chi connectivity index (χ1n) is 7.25. The van der Waals surface area contributed by atoms with Gasteiger partial charge in [0.15, 0.2) is 0 Å². The number of fused-ring (bicyclic) bond motifs is 1. The van der Waals surface area contributed by atoms with Crippen LogP contribution in [-0.4, -0.2) is 21.5 Å². The van der Waals surface area contributed by atoms with Crippen molar-refractivity contribution in [2.75, 3.05) is 7.11 Å². The second-order valence-electron chi connectivity index (χ2n) is 5.34. The van der Waals surface area contributed by atoms with E-state index in [1.807, 2.05) is 24.3 Å². The lowest BCUT2D eigenvalue weighted by Gasteiger charge is -2.14. The molecule has 0 saturated heterocycles. The van der Waals surface area contributed by atoms with Crippen LogP contribution in [0.25, 0.3) is 0 Å². The predicted octanol–water partition coefficient (Wildman–Crippen LogP) is 1.09. The number of methoxy groups -OCH3 is 1. The molecule has 0 fully saturated rings. The van der Waals surface area contributed by atoms with Gasteiger partial charge in [-0.2, -0.15) is 5.10 Å². The first-order chi connectivity index (χ1) is 10.2. The first kappa shape index (κ1) is 13.9. The molecule has 1 aromatic heterocycles. The fraction of sp³-hybridized carbons (Fsp3) is 0.467. The summed E-state index contributed by atoms with van der Waals surface area (Å²) in [4.78, 5) is 12.3. The van der Waals surface area contributed by atoms with Gasteiger partial charge in [-0.3, -0.25) is 4.57 Å². The zero-order valence-electron chi connectivity index (χ0n) is 12.2. The Morgan fingerprint density at radius 3 is 2.95 bits per heavy atom. The topological polar surface area (TPSA) is 75.1 Å². The minimum Gasteiger partial charge on any atom is -0.496 e. The van der Waals surface area contributed by atoms with E-state index in [2.05, 4.69) is 5.10 Å². The van der Waals surface area contributed by atoms with Gasteiger partial charge in [0.05, 0.1) is 19.7 Å². The first-order valence-corrected chi connectivity index (χ1v) is 7.25. The number of ether oxygens (including phenoxy) is 1. The van der Waals surface area contributed by atoms with E-state index in [4.69, 9.17) is 10.5 Å². The number of nitrogens with two attached hydrogens (primary N) is 1. The van der Waals surface area contributed by atoms with Crippen LogP contribution in [0, 0.1) is 0 Å². The van der Waals surface area contributed by atoms with E-state index in [-0.39, 0.29) is 11.7 Å². The Kier molecular flexibility index (Phi) is 3.79. The quantitative estimate of drug-likeness (QED) is 0.914. The molecule has 1 atom stereocenters. The average Bonchev–Trinajstić information content (AvgIpc) is 2.84. The number of hydrogen-bond acceptors (Lipinski definition) is 4. The fourth-order valence-electron chi connectivity index (χ4n) is 2.82. The van der Waals surface area contributed by atoms with E-state index in [0.29, 0.717) is 6.54 Å². The summed E-state index contributed by atoms with van der Waals surface area (Å²) in [5, 5.41) is 4.42. The van der Waals surface area contributed by atoms with Crippen molar-refractivity contribution in [2.45, 2.75) is 38.4 Å². The van der Waals surface area contributed by atoms with Crippen molar-refractivity contribution >= 4 is 0 Å². The van der Waals surface area contributed by atoms with Crippen molar-refractivity contribution < 1.29 is 4.74 Å². The van der Waals surface area contributed by atoms with Gasteiger partial charge in [-0.25, -0.2) is 9.48 Å². The molecule has 1 aliphatic rings. The third kappa shape index (κ3) is 2.58. The van der Waals surface area contributed by atoms with Gasteiger partial charge >= 0.3 is 5.69 Å². The molecule has 6 heteroatoms. The van der Waals surface area contributed by atoms with Crippen LogP contribution in [0.3, 0.4) is 0 Å². The van der Waals surface area contributed by atoms with E-state index >= 15 is 0 Å². The number of hydrogen-bond donors (Lipinski definition) is 1. The Morgan fingerprint density at radius 1 is 1.38 bits per heavy atom. The standard InChI is InChI=1S/C15H20N4O2/c1-21-13-7-3-2-6-11(13)12(16)10-19-15(20)18-9-5-4-8-14(18)17-19/h2-3,6-7,12H,4-5,8-10,16H2,1H3. The maximum atomic E-state index is 12.3. The van der Waals surface area contributed by atoms with Crippen LogP contribution in [0.4, 0.5) is 0 Å². The van der Waals surface area contributed by atoms with Gasteiger partial charge in [-0.05, 0) is 18.9 Å². The number of nitrogens with zero attached hydrogens (tertiary/aromatic N) is 3. The van der Waals surface area contributed by atoms with Crippen molar-refractivity contribution in [2.24, 2.45) is 5.73 Å². The molecule has 0 saturated carbocycles. The highest BCUT2D eigenvalue weighted by Gasteiger charge is 2.19. The van der Waals surface area contributed by atoms with Crippen LogP contribution in [-0.2, 0) is 19.5 Å². The summed E-state index contributed by atoms with van der Waals surface area (Å²) in [6, 6.07) is 7.28. The van der Waals surface area contributed by atoms with Crippen molar-refractivity contribution in [3.63, 3.8) is 0 Å². The number of aromatic nitrogens is 3. The number of aryl methyl sites for hydroxylation is 1. The van der Waals surface area contributed by atoms with Crippen molar-refractivity contribution in [1.82, 2.24) is 14.3 Å². The molecule has 2 N–H and O–H groups in total. The minimum atomic E-state index is -0.323. The summed E-state index contributed by atoms with van der Waals surface area (Å²) in [5.74, 6) is 1.61. The highest BCUT2D eigenvalue weighted by Crippen LogP contribution is 2.24. The summed E-state index contributed by atoms with van der Waals surface area (Å²) in [6.45, 7) is 1.12. The normalized spacial score (nSPS) is 15.5. The van der Waals surface area contributed by atoms with Gasteiger partial charge in [0, 0.05) is 18.5 Å². The van der Waals surface area contributed by atoms with Gasteiger partial charge in [0.2, 0.25) is 0 Å². The summed E-state index contributed by atoms with van der Waals surface area (Å²) >= 11 is 0. The molecule has 2 heterocycles. The average molecular weight is 288 g/mol. The van der Waals surface area contributed by atoms with Crippen LogP contribution in [0.2, 0.25) is 0 Å². The Labute approximate surface area is 123 Å². The predicted molar refractivity (Wildman–Crippen MR) is 79.3 cm³/mol. The summed E-state index contributed by atoms with van der Waals surface area (Å²) in [6.07, 6.45) is 3.00. The van der Waals surface area contributed by atoms with Crippen molar-refractivity contribution in [3.05, 3.63) is 46.1 Å². The van der Waals surface area contributed by atoms with Crippen LogP contribution in [0.5, 0.6) is 5.75 Å². The van der Waals surface area contributed by atoms with E-state index in [9.17, 15) is 4.79 Å². The second-order valence-corrected chi connectivity index (χ2v) is 5.34. The molecule has 112 valence electrons. The van der Waals surface area contributed by atoms with E-state index in [1.165, 1.54) is 4.68 Å². The maximum absolute atomic E-state index is 12.3. The van der Waals surface area contributed by atoms with E-state index in [1.54, 1.807) is 11.7 Å². The molecule has 6 nitrogen and oxygen atoms in total. The third-order valence-corrected chi connectivity index (χ3v) is 3.94. The highest BCUT2D eigenvalue weighted by atomic mass is 16.5. The molecule has 3 rings (SSSR count). The van der Waals surface area contributed by atoms with E-state index in [0.717, 1.165) is 42.9 Å². The zero-order valence-corrected chi connectivity index (χ0v) is 12.2. The Bertz CT molecular complexity index is 689. The molecule has 21 heavy (non-hydrogen) atoms. The molecule has 0 radical (unpaired) electrons. The Balaban J connectivity index is 1.86. The van der Waals surface area contributed by atoms with Gasteiger partial charge in [-0.1, -0.05) is 18.2 Å². The Morgan fingerprint density at radius 2 is 2.19 bits per heavy atom. The molecule has 0 aliphatic carbocycles. The number of para-hydroxylation sites is 1. The number of rotatable bonds is 4. The van der Waals surface area contributed by atoms with Crippen LogP contribution < -0.4 is 16.2 Å². The third-order valence-electron chi connectivity index (χ3n) is 3.94. The fourth-order valence-corrected chi connectivity index (χ4v) is 2.82. The molecule has 1 unspecified atom stereocenters. The maximum Gasteiger partial charge on any atom is 0.345 e. The van der Waals surface area contributed by atoms with Gasteiger partial charge < -0.3 is 10.5 Å². The Hall–Kier alpha value is -2.08. The van der Waals surface area contributed by atoms with Gasteiger partial charge in [-0.15, -0.1) is 0 Å². The monoisotopic (exact) mass is 288 g/mol. The smallest absolute Gasteiger partial charge is 0.345 e. The van der Waals surface area contributed by atoms with Crippen LogP contribution in [0.15, 0.2) is 29.1 Å². The largest absolute Gasteiger partial charge is 0.496 e. The summed E-state index contributed by atoms with van der Waals surface area (Å²) in [5.41, 5.74) is 7.07. The lowest BCUT2D eigenvalue weighted by Crippen LogP contribution is -2.30. The molecule has 1 aromatic carbocycles. The molecule has 0 bridgehead atoms. The van der Waals surface area contributed by atoms with Crippen LogP contribution >= 0.6 is 0 Å². The SMILES string of the molecule is COc1ccccc1C(N)Cn1nc2n(c1=O)CCCC2. The molecule has 2 aromatic rings. The second kappa shape index (κ2) is 5.73.